The first-order valence-corrected chi connectivity index (χ1v) is 6.41. The summed E-state index contributed by atoms with van der Waals surface area (Å²) < 4.78 is 0. The van der Waals surface area contributed by atoms with Gasteiger partial charge in [0, 0.05) is 10.4 Å². The molecule has 4 nitrogen and oxygen atoms in total. The van der Waals surface area contributed by atoms with Crippen molar-refractivity contribution in [3.8, 4) is 11.3 Å². The molecule has 1 heterocycles. The zero-order valence-electron chi connectivity index (χ0n) is 10.2. The average molecular weight is 262 g/mol. The van der Waals surface area contributed by atoms with Gasteiger partial charge in [-0.3, -0.25) is 10.1 Å². The van der Waals surface area contributed by atoms with Crippen molar-refractivity contribution in [3.05, 3.63) is 35.2 Å². The first-order chi connectivity index (χ1) is 8.58. The lowest BCUT2D eigenvalue weighted by molar-refractivity contribution is -0.123. The number of aromatic nitrogens is 1. The Labute approximate surface area is 109 Å². The van der Waals surface area contributed by atoms with Gasteiger partial charge in [-0.15, -0.1) is 11.3 Å². The second-order valence-corrected chi connectivity index (χ2v) is 5.16. The predicted octanol–water partition coefficient (Wildman–Crippen LogP) is 2.44. The summed E-state index contributed by atoms with van der Waals surface area (Å²) in [6.45, 7) is 3.38. The number of carbonyl (C=O) groups is 1. The van der Waals surface area contributed by atoms with E-state index in [0.717, 1.165) is 16.1 Å². The number of thiazole rings is 1. The highest BCUT2D eigenvalue weighted by atomic mass is 32.1. The molecule has 0 spiro atoms. The Morgan fingerprint density at radius 3 is 2.67 bits per heavy atom. The summed E-state index contributed by atoms with van der Waals surface area (Å²) in [4.78, 5) is 16.8. The molecule has 0 aliphatic heterocycles. The molecule has 2 N–H and O–H groups in total. The number of rotatable bonds is 3. The molecule has 0 bridgehead atoms. The lowest BCUT2D eigenvalue weighted by Crippen LogP contribution is -2.24. The zero-order chi connectivity index (χ0) is 13.1. The van der Waals surface area contributed by atoms with Crippen LogP contribution in [0.4, 0.5) is 5.13 Å². The summed E-state index contributed by atoms with van der Waals surface area (Å²) in [5.74, 6) is -0.441. The fraction of sp³-hybridized carbons (Fsp3) is 0.231. The summed E-state index contributed by atoms with van der Waals surface area (Å²) in [5, 5.41) is 12.2. The van der Waals surface area contributed by atoms with Gasteiger partial charge in [0.25, 0.3) is 5.91 Å². The highest BCUT2D eigenvalue weighted by Gasteiger charge is 2.14. The van der Waals surface area contributed by atoms with Crippen LogP contribution in [-0.2, 0) is 4.79 Å². The lowest BCUT2D eigenvalue weighted by atomic mass is 10.1. The van der Waals surface area contributed by atoms with Crippen molar-refractivity contribution in [3.63, 3.8) is 0 Å². The maximum atomic E-state index is 11.4. The molecule has 94 valence electrons. The van der Waals surface area contributed by atoms with Crippen molar-refractivity contribution in [2.75, 3.05) is 5.32 Å². The molecular weight excluding hydrogens is 248 g/mol. The van der Waals surface area contributed by atoms with Crippen molar-refractivity contribution < 1.29 is 9.90 Å². The maximum absolute atomic E-state index is 11.4. The van der Waals surface area contributed by atoms with Crippen molar-refractivity contribution in [1.82, 2.24) is 4.98 Å². The van der Waals surface area contributed by atoms with Gasteiger partial charge in [-0.25, -0.2) is 4.98 Å². The average Bonchev–Trinajstić information content (AvgIpc) is 2.71. The van der Waals surface area contributed by atoms with Crippen LogP contribution in [0.5, 0.6) is 0 Å². The van der Waals surface area contributed by atoms with Crippen LogP contribution in [0.3, 0.4) is 0 Å². The molecule has 1 aromatic heterocycles. The second-order valence-electron chi connectivity index (χ2n) is 3.96. The van der Waals surface area contributed by atoms with E-state index in [2.05, 4.69) is 10.3 Å². The van der Waals surface area contributed by atoms with Crippen LogP contribution in [0.15, 0.2) is 30.3 Å². The van der Waals surface area contributed by atoms with E-state index >= 15 is 0 Å². The summed E-state index contributed by atoms with van der Waals surface area (Å²) in [5.41, 5.74) is 1.88. The monoisotopic (exact) mass is 262 g/mol. The third-order valence-electron chi connectivity index (χ3n) is 2.45. The van der Waals surface area contributed by atoms with Gasteiger partial charge < -0.3 is 5.11 Å². The van der Waals surface area contributed by atoms with Crippen LogP contribution < -0.4 is 5.32 Å². The van der Waals surface area contributed by atoms with E-state index in [1.54, 1.807) is 0 Å². The Bertz CT molecular complexity index is 549. The quantitative estimate of drug-likeness (QED) is 0.893. The van der Waals surface area contributed by atoms with E-state index in [1.165, 1.54) is 18.3 Å². The molecule has 1 atom stereocenters. The van der Waals surface area contributed by atoms with Gasteiger partial charge in [-0.05, 0) is 13.8 Å². The summed E-state index contributed by atoms with van der Waals surface area (Å²) in [6, 6.07) is 9.79. The lowest BCUT2D eigenvalue weighted by Gasteiger charge is -2.02. The van der Waals surface area contributed by atoms with Gasteiger partial charge in [-0.1, -0.05) is 30.3 Å². The number of nitrogens with one attached hydrogen (secondary N) is 1. The van der Waals surface area contributed by atoms with Gasteiger partial charge in [0.1, 0.15) is 6.10 Å². The SMILES string of the molecule is Cc1sc(NC(=O)C(C)O)nc1-c1ccccc1. The predicted molar refractivity (Wildman–Crippen MR) is 72.6 cm³/mol. The van der Waals surface area contributed by atoms with Gasteiger partial charge in [-0.2, -0.15) is 0 Å². The molecule has 0 radical (unpaired) electrons. The second kappa shape index (κ2) is 5.29. The minimum Gasteiger partial charge on any atom is -0.384 e. The van der Waals surface area contributed by atoms with Gasteiger partial charge in [0.2, 0.25) is 0 Å². The van der Waals surface area contributed by atoms with Crippen LogP contribution in [0.1, 0.15) is 11.8 Å². The molecule has 18 heavy (non-hydrogen) atoms. The van der Waals surface area contributed by atoms with Gasteiger partial charge in [0.15, 0.2) is 5.13 Å². The summed E-state index contributed by atoms with van der Waals surface area (Å²) >= 11 is 1.40. The van der Waals surface area contributed by atoms with E-state index in [0.29, 0.717) is 5.13 Å². The first-order valence-electron chi connectivity index (χ1n) is 5.59. The number of amides is 1. The minimum atomic E-state index is -1.03. The van der Waals surface area contributed by atoms with E-state index in [-0.39, 0.29) is 0 Å². The smallest absolute Gasteiger partial charge is 0.254 e. The molecular formula is C13H14N2O2S. The first kappa shape index (κ1) is 12.7. The molecule has 0 fully saturated rings. The van der Waals surface area contributed by atoms with E-state index in [9.17, 15) is 4.79 Å². The standard InChI is InChI=1S/C13H14N2O2S/c1-8(16)12(17)15-13-14-11(9(2)18-13)10-6-4-3-5-7-10/h3-8,16H,1-2H3,(H,14,15,17). The normalized spacial score (nSPS) is 12.2. The number of aliphatic hydroxyl groups is 1. The summed E-state index contributed by atoms with van der Waals surface area (Å²) in [7, 11) is 0. The number of hydrogen-bond acceptors (Lipinski definition) is 4. The van der Waals surface area contributed by atoms with Crippen LogP contribution in [0.25, 0.3) is 11.3 Å². The van der Waals surface area contributed by atoms with Gasteiger partial charge >= 0.3 is 0 Å². The van der Waals surface area contributed by atoms with Crippen molar-refractivity contribution in [1.29, 1.82) is 0 Å². The molecule has 1 unspecified atom stereocenters. The highest BCUT2D eigenvalue weighted by molar-refractivity contribution is 7.16. The molecule has 1 amide bonds. The number of carbonyl (C=O) groups excluding carboxylic acids is 1. The zero-order valence-corrected chi connectivity index (χ0v) is 11.0. The number of nitrogens with zero attached hydrogens (tertiary/aromatic N) is 1. The topological polar surface area (TPSA) is 62.2 Å². The number of anilines is 1. The van der Waals surface area contributed by atoms with Crippen molar-refractivity contribution in [2.45, 2.75) is 20.0 Å². The molecule has 0 saturated carbocycles. The van der Waals surface area contributed by atoms with Crippen LogP contribution in [-0.4, -0.2) is 22.1 Å². The molecule has 2 rings (SSSR count). The Hall–Kier alpha value is -1.72. The molecule has 0 saturated heterocycles. The van der Waals surface area contributed by atoms with Crippen LogP contribution >= 0.6 is 11.3 Å². The van der Waals surface area contributed by atoms with Crippen molar-refractivity contribution in [2.24, 2.45) is 0 Å². The molecule has 1 aromatic carbocycles. The molecule has 0 aliphatic carbocycles. The number of aryl methyl sites for hydroxylation is 1. The Morgan fingerprint density at radius 1 is 1.39 bits per heavy atom. The fourth-order valence-electron chi connectivity index (χ4n) is 1.52. The van der Waals surface area contributed by atoms with Crippen LogP contribution in [0, 0.1) is 6.92 Å². The number of benzene rings is 1. The minimum absolute atomic E-state index is 0.441. The molecule has 5 heteroatoms. The van der Waals surface area contributed by atoms with Crippen LogP contribution in [0.2, 0.25) is 0 Å². The number of aliphatic hydroxyl groups excluding tert-OH is 1. The van der Waals surface area contributed by atoms with Crippen molar-refractivity contribution >= 4 is 22.4 Å². The molecule has 2 aromatic rings. The highest BCUT2D eigenvalue weighted by Crippen LogP contribution is 2.30. The third kappa shape index (κ3) is 2.75. The Kier molecular flexibility index (Phi) is 3.74. The summed E-state index contributed by atoms with van der Waals surface area (Å²) in [6.07, 6.45) is -1.03. The van der Waals surface area contributed by atoms with E-state index in [4.69, 9.17) is 5.11 Å². The fourth-order valence-corrected chi connectivity index (χ4v) is 2.36. The Morgan fingerprint density at radius 2 is 2.06 bits per heavy atom. The third-order valence-corrected chi connectivity index (χ3v) is 3.34. The molecule has 0 aliphatic rings. The number of hydrogen-bond donors (Lipinski definition) is 2. The van der Waals surface area contributed by atoms with Gasteiger partial charge in [0.05, 0.1) is 5.69 Å². The maximum Gasteiger partial charge on any atom is 0.254 e. The van der Waals surface area contributed by atoms with E-state index in [1.807, 2.05) is 37.3 Å². The largest absolute Gasteiger partial charge is 0.384 e. The van der Waals surface area contributed by atoms with E-state index < -0.39 is 12.0 Å². The Balaban J connectivity index is 2.25.